The van der Waals surface area contributed by atoms with Gasteiger partial charge in [0.15, 0.2) is 0 Å². The number of hydrogen-bond acceptors (Lipinski definition) is 7. The molecule has 9 heteroatoms. The van der Waals surface area contributed by atoms with E-state index in [1.165, 1.54) is 0 Å². The van der Waals surface area contributed by atoms with Crippen molar-refractivity contribution in [2.45, 2.75) is 18.9 Å². The van der Waals surface area contributed by atoms with E-state index in [0.29, 0.717) is 18.8 Å². The lowest BCUT2D eigenvalue weighted by Crippen LogP contribution is -2.54. The molecule has 144 valence electrons. The molecule has 1 aromatic carbocycles. The lowest BCUT2D eigenvalue weighted by atomic mass is 10.0. The Morgan fingerprint density at radius 2 is 2.00 bits per heavy atom. The number of nitrogens with one attached hydrogen (secondary N) is 2. The largest absolute Gasteiger partial charge is 0.383 e. The molecule has 1 atom stereocenters. The second-order valence-electron chi connectivity index (χ2n) is 6.69. The molecule has 0 radical (unpaired) electrons. The molecular formula is C18H23N5O4. The van der Waals surface area contributed by atoms with E-state index in [0.717, 1.165) is 18.0 Å². The molecule has 9 nitrogen and oxygen atoms in total. The van der Waals surface area contributed by atoms with E-state index in [2.05, 4.69) is 15.5 Å². The maximum Gasteiger partial charge on any atom is 0.264 e. The fourth-order valence-electron chi connectivity index (χ4n) is 3.38. The standard InChI is InChI=1S/C18H23N5O4/c1-22(9-7-19)10-8-20-12-4-2-3-11-15(12)18(27)23(17(11)26)13-5-6-14(24)21-16(13)25/h2-4,13,20H,5-10,19H2,1H3,(H,21,24,25). The molecule has 2 aliphatic heterocycles. The number of amides is 4. The highest BCUT2D eigenvalue weighted by atomic mass is 16.2. The Labute approximate surface area is 156 Å². The van der Waals surface area contributed by atoms with Crippen LogP contribution in [0.4, 0.5) is 5.69 Å². The van der Waals surface area contributed by atoms with Crippen LogP contribution in [-0.2, 0) is 9.59 Å². The summed E-state index contributed by atoms with van der Waals surface area (Å²) in [7, 11) is 1.95. The van der Waals surface area contributed by atoms with E-state index in [1.807, 2.05) is 7.05 Å². The Morgan fingerprint density at radius 3 is 2.70 bits per heavy atom. The molecule has 0 aromatic heterocycles. The number of anilines is 1. The van der Waals surface area contributed by atoms with Gasteiger partial charge < -0.3 is 16.0 Å². The molecule has 1 saturated heterocycles. The van der Waals surface area contributed by atoms with Crippen LogP contribution in [0.1, 0.15) is 33.6 Å². The van der Waals surface area contributed by atoms with Crippen molar-refractivity contribution in [2.75, 3.05) is 38.5 Å². The molecule has 0 bridgehead atoms. The molecular weight excluding hydrogens is 350 g/mol. The van der Waals surface area contributed by atoms with Crippen molar-refractivity contribution in [1.82, 2.24) is 15.1 Å². The van der Waals surface area contributed by atoms with Gasteiger partial charge in [-0.05, 0) is 25.6 Å². The number of carbonyl (C=O) groups excluding carboxylic acids is 4. The van der Waals surface area contributed by atoms with E-state index >= 15 is 0 Å². The summed E-state index contributed by atoms with van der Waals surface area (Å²) in [6.07, 6.45) is 0.241. The third-order valence-electron chi connectivity index (χ3n) is 4.79. The fourth-order valence-corrected chi connectivity index (χ4v) is 3.38. The topological polar surface area (TPSA) is 125 Å². The van der Waals surface area contributed by atoms with Gasteiger partial charge in [0.05, 0.1) is 11.1 Å². The summed E-state index contributed by atoms with van der Waals surface area (Å²) in [4.78, 5) is 52.2. The van der Waals surface area contributed by atoms with Crippen LogP contribution < -0.4 is 16.4 Å². The van der Waals surface area contributed by atoms with Crippen LogP contribution in [0.3, 0.4) is 0 Å². The van der Waals surface area contributed by atoms with Gasteiger partial charge in [-0.25, -0.2) is 0 Å². The minimum absolute atomic E-state index is 0.0996. The first-order valence-corrected chi connectivity index (χ1v) is 8.91. The fraction of sp³-hybridized carbons (Fsp3) is 0.444. The van der Waals surface area contributed by atoms with Gasteiger partial charge in [0.1, 0.15) is 6.04 Å². The van der Waals surface area contributed by atoms with E-state index in [1.54, 1.807) is 18.2 Å². The summed E-state index contributed by atoms with van der Waals surface area (Å²) in [6.45, 7) is 2.62. The number of imide groups is 2. The summed E-state index contributed by atoms with van der Waals surface area (Å²) >= 11 is 0. The summed E-state index contributed by atoms with van der Waals surface area (Å²) in [5.41, 5.74) is 6.62. The number of benzene rings is 1. The van der Waals surface area contributed by atoms with Gasteiger partial charge in [-0.1, -0.05) is 6.07 Å². The maximum atomic E-state index is 12.9. The number of fused-ring (bicyclic) bond motifs is 1. The molecule has 4 amide bonds. The van der Waals surface area contributed by atoms with Gasteiger partial charge in [0, 0.05) is 38.3 Å². The van der Waals surface area contributed by atoms with Gasteiger partial charge in [0.2, 0.25) is 11.8 Å². The zero-order valence-electron chi connectivity index (χ0n) is 15.2. The van der Waals surface area contributed by atoms with Crippen molar-refractivity contribution in [3.05, 3.63) is 29.3 Å². The molecule has 0 aliphatic carbocycles. The first-order chi connectivity index (χ1) is 12.9. The van der Waals surface area contributed by atoms with Crippen molar-refractivity contribution in [1.29, 1.82) is 0 Å². The zero-order chi connectivity index (χ0) is 19.6. The lowest BCUT2D eigenvalue weighted by Gasteiger charge is -2.27. The average molecular weight is 373 g/mol. The number of piperidine rings is 1. The highest BCUT2D eigenvalue weighted by Gasteiger charge is 2.45. The van der Waals surface area contributed by atoms with Crippen molar-refractivity contribution in [2.24, 2.45) is 5.73 Å². The molecule has 1 fully saturated rings. The van der Waals surface area contributed by atoms with Crippen LogP contribution in [0.25, 0.3) is 0 Å². The van der Waals surface area contributed by atoms with Gasteiger partial charge in [-0.15, -0.1) is 0 Å². The van der Waals surface area contributed by atoms with Crippen LogP contribution in [0.15, 0.2) is 18.2 Å². The van der Waals surface area contributed by atoms with Gasteiger partial charge >= 0.3 is 0 Å². The molecule has 0 spiro atoms. The second kappa shape index (κ2) is 7.85. The number of nitrogens with zero attached hydrogens (tertiary/aromatic N) is 2. The Hall–Kier alpha value is -2.78. The normalized spacial score (nSPS) is 19.5. The Balaban J connectivity index is 1.78. The van der Waals surface area contributed by atoms with Gasteiger partial charge in [-0.3, -0.25) is 29.4 Å². The van der Waals surface area contributed by atoms with Gasteiger partial charge in [-0.2, -0.15) is 0 Å². The van der Waals surface area contributed by atoms with Crippen LogP contribution in [-0.4, -0.2) is 72.7 Å². The quantitative estimate of drug-likeness (QED) is 0.545. The summed E-state index contributed by atoms with van der Waals surface area (Å²) in [6, 6.07) is 4.05. The minimum Gasteiger partial charge on any atom is -0.383 e. The number of nitrogens with two attached hydrogens (primary N) is 1. The second-order valence-corrected chi connectivity index (χ2v) is 6.69. The van der Waals surface area contributed by atoms with Crippen LogP contribution in [0.2, 0.25) is 0 Å². The number of likely N-dealkylation sites (N-methyl/N-ethyl adjacent to an activating group) is 1. The SMILES string of the molecule is CN(CCN)CCNc1cccc2c1C(=O)N(C1CCC(=O)NC1=O)C2=O. The molecule has 27 heavy (non-hydrogen) atoms. The molecule has 1 unspecified atom stereocenters. The van der Waals surface area contributed by atoms with Crippen molar-refractivity contribution < 1.29 is 19.2 Å². The number of carbonyl (C=O) groups is 4. The highest BCUT2D eigenvalue weighted by Crippen LogP contribution is 2.32. The molecule has 2 heterocycles. The summed E-state index contributed by atoms with van der Waals surface area (Å²) in [5, 5.41) is 5.38. The molecule has 0 saturated carbocycles. The first-order valence-electron chi connectivity index (χ1n) is 8.91. The van der Waals surface area contributed by atoms with Crippen molar-refractivity contribution in [3.63, 3.8) is 0 Å². The summed E-state index contributed by atoms with van der Waals surface area (Å²) in [5.74, 6) is -2.02. The maximum absolute atomic E-state index is 12.9. The Kier molecular flexibility index (Phi) is 5.52. The minimum atomic E-state index is -0.960. The van der Waals surface area contributed by atoms with E-state index in [-0.39, 0.29) is 24.0 Å². The molecule has 4 N–H and O–H groups in total. The Bertz CT molecular complexity index is 794. The van der Waals surface area contributed by atoms with E-state index in [4.69, 9.17) is 5.73 Å². The average Bonchev–Trinajstić information content (AvgIpc) is 2.87. The monoisotopic (exact) mass is 373 g/mol. The first kappa shape index (κ1) is 19.0. The van der Waals surface area contributed by atoms with Crippen LogP contribution >= 0.6 is 0 Å². The smallest absolute Gasteiger partial charge is 0.264 e. The molecule has 3 rings (SSSR count). The third-order valence-corrected chi connectivity index (χ3v) is 4.79. The van der Waals surface area contributed by atoms with Crippen molar-refractivity contribution >= 4 is 29.3 Å². The van der Waals surface area contributed by atoms with Crippen molar-refractivity contribution in [3.8, 4) is 0 Å². The summed E-state index contributed by atoms with van der Waals surface area (Å²) < 4.78 is 0. The number of rotatable bonds is 7. The predicted molar refractivity (Wildman–Crippen MR) is 98.2 cm³/mol. The Morgan fingerprint density at radius 1 is 1.22 bits per heavy atom. The zero-order valence-corrected chi connectivity index (χ0v) is 15.2. The highest BCUT2D eigenvalue weighted by molar-refractivity contribution is 6.25. The van der Waals surface area contributed by atoms with Crippen LogP contribution in [0.5, 0.6) is 0 Å². The molecule has 2 aliphatic rings. The predicted octanol–water partition coefficient (Wildman–Crippen LogP) is -0.610. The van der Waals surface area contributed by atoms with E-state index < -0.39 is 29.7 Å². The molecule has 1 aromatic rings. The van der Waals surface area contributed by atoms with Gasteiger partial charge in [0.25, 0.3) is 11.8 Å². The van der Waals surface area contributed by atoms with Crippen LogP contribution in [0, 0.1) is 0 Å². The van der Waals surface area contributed by atoms with E-state index in [9.17, 15) is 19.2 Å². The lowest BCUT2D eigenvalue weighted by molar-refractivity contribution is -0.136. The third kappa shape index (κ3) is 3.69. The number of hydrogen-bond donors (Lipinski definition) is 3.